The minimum absolute atomic E-state index is 0.00658. The van der Waals surface area contributed by atoms with Crippen LogP contribution in [0, 0.1) is 5.92 Å². The Morgan fingerprint density at radius 1 is 1.21 bits per heavy atom. The maximum absolute atomic E-state index is 12.2. The fourth-order valence-corrected chi connectivity index (χ4v) is 2.99. The second-order valence-corrected chi connectivity index (χ2v) is 6.35. The van der Waals surface area contributed by atoms with Crippen molar-refractivity contribution < 1.29 is 9.59 Å². The normalized spacial score (nSPS) is 17.5. The summed E-state index contributed by atoms with van der Waals surface area (Å²) in [6.45, 7) is 7.94. The van der Waals surface area contributed by atoms with Gasteiger partial charge in [-0.2, -0.15) is 0 Å². The van der Waals surface area contributed by atoms with Gasteiger partial charge in [-0.3, -0.25) is 14.5 Å². The molecule has 0 radical (unpaired) electrons. The topological polar surface area (TPSA) is 73.5 Å². The van der Waals surface area contributed by atoms with E-state index in [1.165, 1.54) is 19.8 Å². The van der Waals surface area contributed by atoms with Crippen molar-refractivity contribution >= 4 is 23.2 Å². The Kier molecular flexibility index (Phi) is 7.21. The van der Waals surface area contributed by atoms with Gasteiger partial charge in [-0.25, -0.2) is 0 Å². The average Bonchev–Trinajstić information content (AvgIpc) is 2.56. The van der Waals surface area contributed by atoms with Gasteiger partial charge in [0.15, 0.2) is 0 Å². The quantitative estimate of drug-likeness (QED) is 0.713. The first-order valence-corrected chi connectivity index (χ1v) is 8.67. The second kappa shape index (κ2) is 9.39. The molecule has 1 fully saturated rings. The Morgan fingerprint density at radius 3 is 2.42 bits per heavy atom. The number of piperidine rings is 1. The highest BCUT2D eigenvalue weighted by atomic mass is 16.2. The molecule has 1 aromatic carbocycles. The van der Waals surface area contributed by atoms with Crippen LogP contribution in [0.1, 0.15) is 26.7 Å². The number of nitrogens with zero attached hydrogens (tertiary/aromatic N) is 1. The molecule has 1 aliphatic heterocycles. The third-order valence-corrected chi connectivity index (χ3v) is 4.22. The van der Waals surface area contributed by atoms with Crippen molar-refractivity contribution in [3.05, 3.63) is 24.3 Å². The molecule has 1 aliphatic rings. The van der Waals surface area contributed by atoms with E-state index in [-0.39, 0.29) is 11.8 Å². The Bertz CT molecular complexity index is 538. The molecule has 2 amide bonds. The predicted octanol–water partition coefficient (Wildman–Crippen LogP) is 1.90. The Balaban J connectivity index is 1.80. The molecular formula is C18H28N4O2. The van der Waals surface area contributed by atoms with E-state index in [4.69, 9.17) is 0 Å². The lowest BCUT2D eigenvalue weighted by Crippen LogP contribution is -2.41. The van der Waals surface area contributed by atoms with Gasteiger partial charge >= 0.3 is 0 Å². The van der Waals surface area contributed by atoms with Gasteiger partial charge in [0, 0.05) is 24.8 Å². The molecule has 6 heteroatoms. The van der Waals surface area contributed by atoms with Crippen LogP contribution in [-0.4, -0.2) is 49.4 Å². The molecular weight excluding hydrogens is 304 g/mol. The van der Waals surface area contributed by atoms with Gasteiger partial charge in [-0.1, -0.05) is 6.92 Å². The smallest absolute Gasteiger partial charge is 0.238 e. The number of hydrogen-bond donors (Lipinski definition) is 3. The van der Waals surface area contributed by atoms with Gasteiger partial charge in [-0.15, -0.1) is 0 Å². The van der Waals surface area contributed by atoms with Gasteiger partial charge in [0.05, 0.1) is 6.54 Å². The highest BCUT2D eigenvalue weighted by Crippen LogP contribution is 2.14. The molecule has 132 valence electrons. The number of likely N-dealkylation sites (N-methyl/N-ethyl adjacent to an activating group) is 1. The maximum Gasteiger partial charge on any atom is 0.238 e. The van der Waals surface area contributed by atoms with Crippen LogP contribution in [0.5, 0.6) is 0 Å². The lowest BCUT2D eigenvalue weighted by molar-refractivity contribution is -0.117. The number of carbonyl (C=O) groups excluding carboxylic acids is 2. The lowest BCUT2D eigenvalue weighted by atomic mass is 9.99. The summed E-state index contributed by atoms with van der Waals surface area (Å²) in [5.74, 6) is 0.513. The number of nitrogens with one attached hydrogen (secondary N) is 3. The van der Waals surface area contributed by atoms with E-state index < -0.39 is 0 Å². The fraction of sp³-hybridized carbons (Fsp3) is 0.556. The van der Waals surface area contributed by atoms with Gasteiger partial charge < -0.3 is 16.0 Å². The molecule has 0 bridgehead atoms. The summed E-state index contributed by atoms with van der Waals surface area (Å²) in [6, 6.07) is 7.15. The highest BCUT2D eigenvalue weighted by molar-refractivity contribution is 5.93. The van der Waals surface area contributed by atoms with Crippen molar-refractivity contribution in [3.63, 3.8) is 0 Å². The van der Waals surface area contributed by atoms with Crippen LogP contribution in [0.15, 0.2) is 24.3 Å². The number of carbonyl (C=O) groups is 2. The van der Waals surface area contributed by atoms with Crippen molar-refractivity contribution in [1.82, 2.24) is 10.2 Å². The second-order valence-electron chi connectivity index (χ2n) is 6.35. The van der Waals surface area contributed by atoms with Crippen molar-refractivity contribution in [2.75, 3.05) is 43.4 Å². The van der Waals surface area contributed by atoms with E-state index in [1.807, 2.05) is 0 Å². The summed E-state index contributed by atoms with van der Waals surface area (Å²) < 4.78 is 0. The molecule has 0 aromatic heterocycles. The van der Waals surface area contributed by atoms with E-state index in [9.17, 15) is 9.59 Å². The predicted molar refractivity (Wildman–Crippen MR) is 97.1 cm³/mol. The first-order chi connectivity index (χ1) is 11.6. The van der Waals surface area contributed by atoms with Crippen LogP contribution in [0.4, 0.5) is 11.4 Å². The van der Waals surface area contributed by atoms with Gasteiger partial charge in [0.25, 0.3) is 0 Å². The van der Waals surface area contributed by atoms with Crippen LogP contribution < -0.4 is 16.0 Å². The number of anilines is 2. The van der Waals surface area contributed by atoms with Crippen LogP contribution >= 0.6 is 0 Å². The van der Waals surface area contributed by atoms with Gasteiger partial charge in [0.1, 0.15) is 0 Å². The monoisotopic (exact) mass is 332 g/mol. The van der Waals surface area contributed by atoms with Gasteiger partial charge in [0.2, 0.25) is 11.8 Å². The largest absolute Gasteiger partial charge is 0.326 e. The minimum atomic E-state index is -0.109. The number of rotatable bonds is 7. The van der Waals surface area contributed by atoms with Crippen molar-refractivity contribution in [2.45, 2.75) is 26.7 Å². The van der Waals surface area contributed by atoms with Crippen molar-refractivity contribution in [2.24, 2.45) is 5.92 Å². The maximum atomic E-state index is 12.2. The fourth-order valence-electron chi connectivity index (χ4n) is 2.99. The molecule has 0 spiro atoms. The molecule has 3 N–H and O–H groups in total. The molecule has 24 heavy (non-hydrogen) atoms. The Labute approximate surface area is 144 Å². The van der Waals surface area contributed by atoms with E-state index in [0.717, 1.165) is 37.6 Å². The summed E-state index contributed by atoms with van der Waals surface area (Å²) >= 11 is 0. The highest BCUT2D eigenvalue weighted by Gasteiger charge is 2.18. The SMILES string of the molecule is CCN(CC(=O)Nc1ccc(NC(C)=O)cc1)CC1CCCNC1. The zero-order valence-electron chi connectivity index (χ0n) is 14.6. The molecule has 1 saturated heterocycles. The summed E-state index contributed by atoms with van der Waals surface area (Å²) in [7, 11) is 0. The molecule has 0 aliphatic carbocycles. The standard InChI is InChI=1S/C18H28N4O2/c1-3-22(12-15-5-4-10-19-11-15)13-18(24)21-17-8-6-16(7-9-17)20-14(2)23/h6-9,15,19H,3-5,10-13H2,1-2H3,(H,20,23)(H,21,24). The van der Waals surface area contributed by atoms with Crippen molar-refractivity contribution in [1.29, 1.82) is 0 Å². The molecule has 0 saturated carbocycles. The summed E-state index contributed by atoms with van der Waals surface area (Å²) in [5.41, 5.74) is 1.46. The summed E-state index contributed by atoms with van der Waals surface area (Å²) in [5, 5.41) is 9.04. The number of hydrogen-bond acceptors (Lipinski definition) is 4. The lowest BCUT2D eigenvalue weighted by Gasteiger charge is -2.29. The van der Waals surface area contributed by atoms with Crippen molar-refractivity contribution in [3.8, 4) is 0 Å². The van der Waals surface area contributed by atoms with E-state index in [0.29, 0.717) is 12.5 Å². The van der Waals surface area contributed by atoms with E-state index >= 15 is 0 Å². The zero-order chi connectivity index (χ0) is 17.4. The third-order valence-electron chi connectivity index (χ3n) is 4.22. The molecule has 1 unspecified atom stereocenters. The van der Waals surface area contributed by atoms with Crippen LogP contribution in [0.25, 0.3) is 0 Å². The number of amides is 2. The molecule has 2 rings (SSSR count). The van der Waals surface area contributed by atoms with E-state index in [2.05, 4.69) is 27.8 Å². The summed E-state index contributed by atoms with van der Waals surface area (Å²) in [6.07, 6.45) is 2.45. The van der Waals surface area contributed by atoms with Gasteiger partial charge in [-0.05, 0) is 62.7 Å². The first kappa shape index (κ1) is 18.4. The molecule has 1 aromatic rings. The number of benzene rings is 1. The van der Waals surface area contributed by atoms with Crippen LogP contribution in [0.2, 0.25) is 0 Å². The van der Waals surface area contributed by atoms with Crippen LogP contribution in [0.3, 0.4) is 0 Å². The minimum Gasteiger partial charge on any atom is -0.326 e. The Hall–Kier alpha value is -1.92. The molecule has 1 heterocycles. The summed E-state index contributed by atoms with van der Waals surface area (Å²) in [4.78, 5) is 25.4. The molecule has 6 nitrogen and oxygen atoms in total. The van der Waals surface area contributed by atoms with Crippen LogP contribution in [-0.2, 0) is 9.59 Å². The first-order valence-electron chi connectivity index (χ1n) is 8.67. The molecule has 1 atom stereocenters. The average molecular weight is 332 g/mol. The zero-order valence-corrected chi connectivity index (χ0v) is 14.6. The Morgan fingerprint density at radius 2 is 1.88 bits per heavy atom. The third kappa shape index (κ3) is 6.29. The van der Waals surface area contributed by atoms with E-state index in [1.54, 1.807) is 24.3 Å².